The summed E-state index contributed by atoms with van der Waals surface area (Å²) in [6.45, 7) is 4.97. The summed E-state index contributed by atoms with van der Waals surface area (Å²) >= 11 is 0. The van der Waals surface area contributed by atoms with Crippen LogP contribution in [0, 0.1) is 10.1 Å². The van der Waals surface area contributed by atoms with Crippen molar-refractivity contribution in [1.82, 2.24) is 0 Å². The van der Waals surface area contributed by atoms with Gasteiger partial charge >= 0.3 is 0 Å². The molecule has 0 aliphatic carbocycles. The predicted octanol–water partition coefficient (Wildman–Crippen LogP) is 1.30. The number of hydrogen-bond donors (Lipinski definition) is 2. The molecule has 1 heterocycles. The number of benzene rings is 1. The van der Waals surface area contributed by atoms with Crippen molar-refractivity contribution in [3.8, 4) is 0 Å². The van der Waals surface area contributed by atoms with Crippen LogP contribution in [0.5, 0.6) is 0 Å². The van der Waals surface area contributed by atoms with Crippen LogP contribution in [0.3, 0.4) is 0 Å². The van der Waals surface area contributed by atoms with Crippen molar-refractivity contribution >= 4 is 17.2 Å². The quantitative estimate of drug-likeness (QED) is 0.285. The molecule has 8 nitrogen and oxygen atoms in total. The third kappa shape index (κ3) is 3.05. The van der Waals surface area contributed by atoms with Gasteiger partial charge in [0.05, 0.1) is 17.6 Å². The van der Waals surface area contributed by atoms with Gasteiger partial charge in [0, 0.05) is 24.2 Å². The summed E-state index contributed by atoms with van der Waals surface area (Å²) in [5.41, 5.74) is 6.23. The van der Waals surface area contributed by atoms with Crippen LogP contribution in [-0.2, 0) is 4.74 Å². The maximum atomic E-state index is 11.3. The van der Waals surface area contributed by atoms with Gasteiger partial charge < -0.3 is 20.6 Å². The van der Waals surface area contributed by atoms with Gasteiger partial charge in [-0.25, -0.2) is 0 Å². The van der Waals surface area contributed by atoms with Crippen molar-refractivity contribution in [3.05, 3.63) is 33.9 Å². The topological polar surface area (TPSA) is 114 Å². The number of nitrogens with two attached hydrogens (primary N) is 1. The van der Waals surface area contributed by atoms with Gasteiger partial charge in [0.15, 0.2) is 5.84 Å². The van der Waals surface area contributed by atoms with Gasteiger partial charge in [0.2, 0.25) is 0 Å². The zero-order chi connectivity index (χ0) is 15.6. The van der Waals surface area contributed by atoms with E-state index in [0.717, 1.165) is 0 Å². The second-order valence-corrected chi connectivity index (χ2v) is 5.09. The smallest absolute Gasteiger partial charge is 0.293 e. The summed E-state index contributed by atoms with van der Waals surface area (Å²) in [6.07, 6.45) is 0.00422. The van der Waals surface area contributed by atoms with Crippen LogP contribution in [0.15, 0.2) is 23.4 Å². The summed E-state index contributed by atoms with van der Waals surface area (Å²) in [5.74, 6) is -0.159. The molecule has 1 aliphatic rings. The maximum absolute atomic E-state index is 11.3. The molecular weight excluding hydrogens is 276 g/mol. The summed E-state index contributed by atoms with van der Waals surface area (Å²) < 4.78 is 5.54. The summed E-state index contributed by atoms with van der Waals surface area (Å²) in [7, 11) is 0. The Labute approximate surface area is 121 Å². The van der Waals surface area contributed by atoms with Gasteiger partial charge in [-0.3, -0.25) is 10.1 Å². The van der Waals surface area contributed by atoms with E-state index in [9.17, 15) is 10.1 Å². The first-order valence-corrected chi connectivity index (χ1v) is 6.58. The average Bonchev–Trinajstić information content (AvgIpc) is 2.48. The molecule has 3 N–H and O–H groups in total. The molecular formula is C13H18N4O4. The molecule has 2 atom stereocenters. The van der Waals surface area contributed by atoms with Crippen molar-refractivity contribution in [3.63, 3.8) is 0 Å². The van der Waals surface area contributed by atoms with Gasteiger partial charge in [-0.1, -0.05) is 5.16 Å². The van der Waals surface area contributed by atoms with Gasteiger partial charge in [-0.05, 0) is 26.0 Å². The average molecular weight is 294 g/mol. The SMILES string of the molecule is CC1CN(c2ccc(C(N)=NO)cc2[N+](=O)[O-])C(C)CO1. The number of morpholine rings is 1. The van der Waals surface area contributed by atoms with Crippen molar-refractivity contribution in [1.29, 1.82) is 0 Å². The van der Waals surface area contributed by atoms with Crippen LogP contribution in [0.1, 0.15) is 19.4 Å². The molecule has 0 saturated carbocycles. The Kier molecular flexibility index (Phi) is 4.27. The molecule has 21 heavy (non-hydrogen) atoms. The Hall–Kier alpha value is -2.35. The zero-order valence-corrected chi connectivity index (χ0v) is 11.9. The molecule has 1 saturated heterocycles. The highest BCUT2D eigenvalue weighted by atomic mass is 16.6. The lowest BCUT2D eigenvalue weighted by Crippen LogP contribution is -2.47. The lowest BCUT2D eigenvalue weighted by molar-refractivity contribution is -0.384. The minimum atomic E-state index is -0.462. The summed E-state index contributed by atoms with van der Waals surface area (Å²) in [4.78, 5) is 12.8. The standard InChI is InChI=1S/C13H18N4O4/c1-8-7-21-9(2)6-16(8)11-4-3-10(13(14)15-18)5-12(11)17(19)20/h3-5,8-9,18H,6-7H2,1-2H3,(H2,14,15). The van der Waals surface area contributed by atoms with Crippen molar-refractivity contribution in [2.24, 2.45) is 10.9 Å². The zero-order valence-electron chi connectivity index (χ0n) is 11.9. The monoisotopic (exact) mass is 294 g/mol. The van der Waals surface area contributed by atoms with E-state index in [4.69, 9.17) is 15.7 Å². The Morgan fingerprint density at radius 1 is 1.57 bits per heavy atom. The fraction of sp³-hybridized carbons (Fsp3) is 0.462. The first-order chi connectivity index (χ1) is 9.93. The number of nitrogens with zero attached hydrogens (tertiary/aromatic N) is 3. The van der Waals surface area contributed by atoms with E-state index < -0.39 is 4.92 Å². The second-order valence-electron chi connectivity index (χ2n) is 5.09. The van der Waals surface area contributed by atoms with E-state index in [1.165, 1.54) is 6.07 Å². The van der Waals surface area contributed by atoms with Gasteiger partial charge in [-0.2, -0.15) is 0 Å². The van der Waals surface area contributed by atoms with E-state index in [1.54, 1.807) is 12.1 Å². The molecule has 0 amide bonds. The third-order valence-corrected chi connectivity index (χ3v) is 3.49. The molecule has 114 valence electrons. The summed E-state index contributed by atoms with van der Waals surface area (Å²) in [6, 6.07) is 4.58. The lowest BCUT2D eigenvalue weighted by Gasteiger charge is -2.38. The van der Waals surface area contributed by atoms with Crippen molar-refractivity contribution in [2.75, 3.05) is 18.1 Å². The number of anilines is 1. The van der Waals surface area contributed by atoms with Crippen LogP contribution in [0.25, 0.3) is 0 Å². The number of rotatable bonds is 3. The largest absolute Gasteiger partial charge is 0.409 e. The number of nitro groups is 1. The van der Waals surface area contributed by atoms with Crippen molar-refractivity contribution < 1.29 is 14.9 Å². The number of hydrogen-bond acceptors (Lipinski definition) is 6. The first-order valence-electron chi connectivity index (χ1n) is 6.58. The first kappa shape index (κ1) is 15.0. The Morgan fingerprint density at radius 3 is 2.90 bits per heavy atom. The van der Waals surface area contributed by atoms with Gasteiger partial charge in [0.25, 0.3) is 5.69 Å². The number of ether oxygens (including phenoxy) is 1. The van der Waals surface area contributed by atoms with Gasteiger partial charge in [-0.15, -0.1) is 0 Å². The van der Waals surface area contributed by atoms with E-state index >= 15 is 0 Å². The molecule has 0 bridgehead atoms. The van der Waals surface area contributed by atoms with Crippen LogP contribution in [-0.4, -0.2) is 41.3 Å². The number of oxime groups is 1. The summed E-state index contributed by atoms with van der Waals surface area (Å²) in [5, 5.41) is 22.9. The molecule has 0 aromatic heterocycles. The number of nitro benzene ring substituents is 1. The Balaban J connectivity index is 2.45. The van der Waals surface area contributed by atoms with E-state index in [-0.39, 0.29) is 23.7 Å². The molecule has 2 rings (SSSR count). The van der Waals surface area contributed by atoms with Gasteiger partial charge in [0.1, 0.15) is 5.69 Å². The van der Waals surface area contributed by atoms with Crippen LogP contribution < -0.4 is 10.6 Å². The van der Waals surface area contributed by atoms with E-state index in [1.807, 2.05) is 18.7 Å². The van der Waals surface area contributed by atoms with Crippen molar-refractivity contribution in [2.45, 2.75) is 26.0 Å². The fourth-order valence-corrected chi connectivity index (χ4v) is 2.37. The van der Waals surface area contributed by atoms with E-state index in [2.05, 4.69) is 5.16 Å². The molecule has 1 aromatic rings. The normalized spacial score (nSPS) is 23.1. The minimum Gasteiger partial charge on any atom is -0.409 e. The molecule has 0 spiro atoms. The van der Waals surface area contributed by atoms with E-state index in [0.29, 0.717) is 24.4 Å². The highest BCUT2D eigenvalue weighted by molar-refractivity contribution is 5.98. The molecule has 1 fully saturated rings. The number of amidine groups is 1. The molecule has 1 aromatic carbocycles. The highest BCUT2D eigenvalue weighted by Gasteiger charge is 2.29. The molecule has 0 radical (unpaired) electrons. The second kappa shape index (κ2) is 5.96. The third-order valence-electron chi connectivity index (χ3n) is 3.49. The Bertz CT molecular complexity index is 575. The molecule has 8 heteroatoms. The predicted molar refractivity (Wildman–Crippen MR) is 77.8 cm³/mol. The van der Waals surface area contributed by atoms with Crippen LogP contribution >= 0.6 is 0 Å². The molecule has 2 unspecified atom stereocenters. The maximum Gasteiger partial charge on any atom is 0.293 e. The van der Waals surface area contributed by atoms with Crippen LogP contribution in [0.2, 0.25) is 0 Å². The Morgan fingerprint density at radius 2 is 2.29 bits per heavy atom. The minimum absolute atomic E-state index is 0.00422. The highest BCUT2D eigenvalue weighted by Crippen LogP contribution is 2.32. The lowest BCUT2D eigenvalue weighted by atomic mass is 10.1. The van der Waals surface area contributed by atoms with Crippen LogP contribution in [0.4, 0.5) is 11.4 Å². The fourth-order valence-electron chi connectivity index (χ4n) is 2.37. The molecule has 1 aliphatic heterocycles.